The zero-order valence-corrected chi connectivity index (χ0v) is 12.1. The van der Waals surface area contributed by atoms with Gasteiger partial charge in [0.05, 0.1) is 5.41 Å². The van der Waals surface area contributed by atoms with E-state index >= 15 is 0 Å². The monoisotopic (exact) mass is 314 g/mol. The first-order valence-corrected chi connectivity index (χ1v) is 7.69. The molecule has 2 rings (SSSR count). The Balaban J connectivity index is 2.56. The van der Waals surface area contributed by atoms with E-state index in [1.54, 1.807) is 11.8 Å². The number of rotatable bonds is 3. The summed E-state index contributed by atoms with van der Waals surface area (Å²) in [5, 5.41) is 9.60. The topological polar surface area (TPSA) is 37.3 Å². The molecule has 1 aromatic rings. The second-order valence-corrected chi connectivity index (χ2v) is 6.20. The van der Waals surface area contributed by atoms with Crippen molar-refractivity contribution in [1.82, 2.24) is 0 Å². The third kappa shape index (κ3) is 2.25. The van der Waals surface area contributed by atoms with Crippen LogP contribution in [0.5, 0.6) is 0 Å². The first-order valence-electron chi connectivity index (χ1n) is 5.67. The first-order chi connectivity index (χ1) is 8.10. The van der Waals surface area contributed by atoms with Gasteiger partial charge in [0.15, 0.2) is 0 Å². The summed E-state index contributed by atoms with van der Waals surface area (Å²) in [7, 11) is 0. The van der Waals surface area contributed by atoms with E-state index in [1.165, 1.54) is 0 Å². The van der Waals surface area contributed by atoms with Gasteiger partial charge in [0.2, 0.25) is 0 Å². The second kappa shape index (κ2) is 5.02. The molecule has 1 fully saturated rings. The molecule has 0 saturated heterocycles. The first kappa shape index (κ1) is 13.0. The van der Waals surface area contributed by atoms with Crippen molar-refractivity contribution in [3.63, 3.8) is 0 Å². The number of halogens is 1. The molecule has 92 valence electrons. The average molecular weight is 315 g/mol. The van der Waals surface area contributed by atoms with E-state index < -0.39 is 11.4 Å². The van der Waals surface area contributed by atoms with E-state index in [1.807, 2.05) is 24.5 Å². The fourth-order valence-corrected chi connectivity index (χ4v) is 3.67. The maximum Gasteiger partial charge on any atom is 0.314 e. The number of hydrogen-bond acceptors (Lipinski definition) is 2. The van der Waals surface area contributed by atoms with Crippen molar-refractivity contribution in [2.24, 2.45) is 0 Å². The Kier molecular flexibility index (Phi) is 3.83. The smallest absolute Gasteiger partial charge is 0.314 e. The second-order valence-electron chi connectivity index (χ2n) is 4.44. The van der Waals surface area contributed by atoms with Crippen LogP contribution in [-0.2, 0) is 10.2 Å². The summed E-state index contributed by atoms with van der Waals surface area (Å²) in [6, 6.07) is 5.96. The van der Waals surface area contributed by atoms with Gasteiger partial charge in [-0.1, -0.05) is 28.8 Å². The molecule has 0 amide bonds. The van der Waals surface area contributed by atoms with Crippen LogP contribution < -0.4 is 0 Å². The van der Waals surface area contributed by atoms with Crippen LogP contribution in [0, 0.1) is 0 Å². The third-order valence-corrected chi connectivity index (χ3v) is 4.83. The molecule has 1 saturated carbocycles. The molecule has 1 aliphatic carbocycles. The predicted octanol–water partition coefficient (Wildman–Crippen LogP) is 4.07. The molecule has 0 aromatic heterocycles. The van der Waals surface area contributed by atoms with Crippen molar-refractivity contribution in [3.8, 4) is 0 Å². The van der Waals surface area contributed by atoms with Gasteiger partial charge >= 0.3 is 5.97 Å². The number of thioether (sulfide) groups is 1. The molecule has 4 heteroatoms. The lowest BCUT2D eigenvalue weighted by Gasteiger charge is -2.26. The molecule has 17 heavy (non-hydrogen) atoms. The summed E-state index contributed by atoms with van der Waals surface area (Å²) in [5.74, 6) is -0.677. The zero-order valence-electron chi connectivity index (χ0n) is 9.70. The van der Waals surface area contributed by atoms with E-state index in [9.17, 15) is 9.90 Å². The predicted molar refractivity (Wildman–Crippen MR) is 73.7 cm³/mol. The van der Waals surface area contributed by atoms with Gasteiger partial charge < -0.3 is 5.11 Å². The lowest BCUT2D eigenvalue weighted by molar-refractivity contribution is -0.143. The Morgan fingerprint density at radius 3 is 2.59 bits per heavy atom. The van der Waals surface area contributed by atoms with Gasteiger partial charge in [-0.25, -0.2) is 0 Å². The van der Waals surface area contributed by atoms with Gasteiger partial charge in [-0.2, -0.15) is 0 Å². The molecule has 2 nitrogen and oxygen atoms in total. The minimum atomic E-state index is -0.677. The SMILES string of the molecule is CSc1ccc(Br)cc1C1(C(=O)O)CCCC1. The molecule has 1 aliphatic rings. The highest BCUT2D eigenvalue weighted by Gasteiger charge is 2.44. The number of benzene rings is 1. The van der Waals surface area contributed by atoms with Crippen LogP contribution in [0.2, 0.25) is 0 Å². The summed E-state index contributed by atoms with van der Waals surface area (Å²) in [6.07, 6.45) is 5.52. The van der Waals surface area contributed by atoms with Crippen LogP contribution in [0.25, 0.3) is 0 Å². The summed E-state index contributed by atoms with van der Waals surface area (Å²) in [4.78, 5) is 12.8. The van der Waals surface area contributed by atoms with Gasteiger partial charge in [0.1, 0.15) is 0 Å². The minimum absolute atomic E-state index is 0.665. The third-order valence-electron chi connectivity index (χ3n) is 3.54. The molecule has 0 aliphatic heterocycles. The lowest BCUT2D eigenvalue weighted by Crippen LogP contribution is -2.33. The summed E-state index contributed by atoms with van der Waals surface area (Å²) in [6.45, 7) is 0. The van der Waals surface area contributed by atoms with Crippen molar-refractivity contribution in [2.75, 3.05) is 6.26 Å². The van der Waals surface area contributed by atoms with Gasteiger partial charge in [-0.3, -0.25) is 4.79 Å². The number of hydrogen-bond donors (Lipinski definition) is 1. The molecule has 1 N–H and O–H groups in total. The molecule has 0 atom stereocenters. The van der Waals surface area contributed by atoms with E-state index in [0.29, 0.717) is 0 Å². The quantitative estimate of drug-likeness (QED) is 0.855. The van der Waals surface area contributed by atoms with E-state index in [4.69, 9.17) is 0 Å². The highest BCUT2D eigenvalue weighted by molar-refractivity contribution is 9.10. The van der Waals surface area contributed by atoms with Crippen molar-refractivity contribution in [1.29, 1.82) is 0 Å². The van der Waals surface area contributed by atoms with Crippen molar-refractivity contribution in [3.05, 3.63) is 28.2 Å². The van der Waals surface area contributed by atoms with Crippen LogP contribution in [0.4, 0.5) is 0 Å². The number of carboxylic acids is 1. The maximum atomic E-state index is 11.7. The summed E-state index contributed by atoms with van der Waals surface area (Å²) >= 11 is 5.07. The number of carboxylic acid groups (broad SMARTS) is 1. The van der Waals surface area contributed by atoms with Gasteiger partial charge in [0, 0.05) is 9.37 Å². The van der Waals surface area contributed by atoms with Gasteiger partial charge in [-0.15, -0.1) is 11.8 Å². The molecule has 0 heterocycles. The largest absolute Gasteiger partial charge is 0.481 e. The van der Waals surface area contributed by atoms with Crippen molar-refractivity contribution in [2.45, 2.75) is 36.0 Å². The average Bonchev–Trinajstić information content (AvgIpc) is 2.79. The summed E-state index contributed by atoms with van der Waals surface area (Å²) in [5.41, 5.74) is 0.312. The molecular weight excluding hydrogens is 300 g/mol. The van der Waals surface area contributed by atoms with E-state index in [-0.39, 0.29) is 0 Å². The normalized spacial score (nSPS) is 18.2. The lowest BCUT2D eigenvalue weighted by atomic mass is 9.79. The van der Waals surface area contributed by atoms with Crippen molar-refractivity contribution >= 4 is 33.7 Å². The molecule has 1 aromatic carbocycles. The highest BCUT2D eigenvalue weighted by atomic mass is 79.9. The molecule has 0 unspecified atom stereocenters. The minimum Gasteiger partial charge on any atom is -0.481 e. The van der Waals surface area contributed by atoms with Crippen LogP contribution in [0.1, 0.15) is 31.2 Å². The summed E-state index contributed by atoms with van der Waals surface area (Å²) < 4.78 is 0.956. The van der Waals surface area contributed by atoms with Gasteiger partial charge in [0.25, 0.3) is 0 Å². The number of carbonyl (C=O) groups is 1. The van der Waals surface area contributed by atoms with Crippen LogP contribution in [-0.4, -0.2) is 17.3 Å². The van der Waals surface area contributed by atoms with E-state index in [0.717, 1.165) is 40.6 Å². The Morgan fingerprint density at radius 1 is 1.41 bits per heavy atom. The highest BCUT2D eigenvalue weighted by Crippen LogP contribution is 2.45. The fourth-order valence-electron chi connectivity index (χ4n) is 2.63. The molecule has 0 bridgehead atoms. The van der Waals surface area contributed by atoms with Gasteiger partial charge in [-0.05, 0) is 42.9 Å². The van der Waals surface area contributed by atoms with E-state index in [2.05, 4.69) is 15.9 Å². The van der Waals surface area contributed by atoms with Crippen LogP contribution in [0.15, 0.2) is 27.6 Å². The molecular formula is C13H15BrO2S. The Morgan fingerprint density at radius 2 is 2.06 bits per heavy atom. The maximum absolute atomic E-state index is 11.7. The Bertz CT molecular complexity index is 439. The number of aliphatic carboxylic acids is 1. The van der Waals surface area contributed by atoms with Crippen molar-refractivity contribution < 1.29 is 9.90 Å². The Labute approximate surface area is 114 Å². The van der Waals surface area contributed by atoms with Crippen LogP contribution >= 0.6 is 27.7 Å². The van der Waals surface area contributed by atoms with Crippen LogP contribution in [0.3, 0.4) is 0 Å². The standard InChI is InChI=1S/C13H15BrO2S/c1-17-11-5-4-9(14)8-10(11)13(12(15)16)6-2-3-7-13/h4-5,8H,2-3,6-7H2,1H3,(H,15,16). The zero-order chi connectivity index (χ0) is 12.5. The molecule has 0 spiro atoms. The molecule has 0 radical (unpaired) electrons. The Hall–Kier alpha value is -0.480. The fraction of sp³-hybridized carbons (Fsp3) is 0.462.